The molecule has 0 radical (unpaired) electrons. The van der Waals surface area contributed by atoms with E-state index in [2.05, 4.69) is 10.3 Å². The van der Waals surface area contributed by atoms with Gasteiger partial charge in [0.2, 0.25) is 5.91 Å². The number of amides is 1. The molecule has 1 heterocycles. The SMILES string of the molecule is CC(C(=O)O)=C(C)C(=O)NCCc1c[nH]c2ccccc12. The van der Waals surface area contributed by atoms with Gasteiger partial charge >= 0.3 is 5.97 Å². The number of rotatable bonds is 5. The Kier molecular flexibility index (Phi) is 4.42. The van der Waals surface area contributed by atoms with Crippen molar-refractivity contribution in [2.45, 2.75) is 20.3 Å². The van der Waals surface area contributed by atoms with Gasteiger partial charge in [0.25, 0.3) is 0 Å². The van der Waals surface area contributed by atoms with Crippen LogP contribution in [-0.2, 0) is 16.0 Å². The molecule has 0 unspecified atom stereocenters. The predicted molar refractivity (Wildman–Crippen MR) is 81.0 cm³/mol. The number of aliphatic carboxylic acids is 1. The summed E-state index contributed by atoms with van der Waals surface area (Å²) in [5.41, 5.74) is 2.50. The Morgan fingerprint density at radius 1 is 1.19 bits per heavy atom. The summed E-state index contributed by atoms with van der Waals surface area (Å²) in [4.78, 5) is 25.8. The third-order valence-corrected chi connectivity index (χ3v) is 3.58. The van der Waals surface area contributed by atoms with Crippen LogP contribution < -0.4 is 5.32 Å². The van der Waals surface area contributed by atoms with Gasteiger partial charge in [-0.25, -0.2) is 4.79 Å². The van der Waals surface area contributed by atoms with Crippen LogP contribution >= 0.6 is 0 Å². The summed E-state index contributed by atoms with van der Waals surface area (Å²) in [6.07, 6.45) is 2.62. The molecule has 0 saturated carbocycles. The van der Waals surface area contributed by atoms with Gasteiger partial charge in [-0.2, -0.15) is 0 Å². The van der Waals surface area contributed by atoms with E-state index in [1.54, 1.807) is 0 Å². The van der Waals surface area contributed by atoms with Crippen LogP contribution in [0.4, 0.5) is 0 Å². The molecule has 0 atom stereocenters. The minimum Gasteiger partial charge on any atom is -0.478 e. The summed E-state index contributed by atoms with van der Waals surface area (Å²) in [5.74, 6) is -1.41. The number of hydrogen-bond acceptors (Lipinski definition) is 2. The van der Waals surface area contributed by atoms with Crippen molar-refractivity contribution in [3.8, 4) is 0 Å². The van der Waals surface area contributed by atoms with Crippen molar-refractivity contribution in [2.24, 2.45) is 0 Å². The molecule has 0 saturated heterocycles. The maximum Gasteiger partial charge on any atom is 0.331 e. The van der Waals surface area contributed by atoms with Gasteiger partial charge in [-0.3, -0.25) is 4.79 Å². The van der Waals surface area contributed by atoms with E-state index in [4.69, 9.17) is 5.11 Å². The number of benzene rings is 1. The zero-order chi connectivity index (χ0) is 15.4. The summed E-state index contributed by atoms with van der Waals surface area (Å²) in [7, 11) is 0. The van der Waals surface area contributed by atoms with Crippen molar-refractivity contribution in [1.29, 1.82) is 0 Å². The molecule has 110 valence electrons. The Hall–Kier alpha value is -2.56. The highest BCUT2D eigenvalue weighted by Gasteiger charge is 2.12. The van der Waals surface area contributed by atoms with E-state index in [-0.39, 0.29) is 17.1 Å². The average Bonchev–Trinajstić information content (AvgIpc) is 2.89. The number of carboxylic acids is 1. The Balaban J connectivity index is 1.97. The van der Waals surface area contributed by atoms with Crippen LogP contribution in [0.15, 0.2) is 41.6 Å². The number of aromatic amines is 1. The number of nitrogens with one attached hydrogen (secondary N) is 2. The summed E-state index contributed by atoms with van der Waals surface area (Å²) in [6, 6.07) is 7.97. The number of para-hydroxylation sites is 1. The van der Waals surface area contributed by atoms with Crippen molar-refractivity contribution in [2.75, 3.05) is 6.54 Å². The number of fused-ring (bicyclic) bond motifs is 1. The summed E-state index contributed by atoms with van der Waals surface area (Å²) in [5, 5.41) is 12.7. The van der Waals surface area contributed by atoms with Crippen LogP contribution in [0.2, 0.25) is 0 Å². The lowest BCUT2D eigenvalue weighted by Gasteiger charge is -2.06. The number of carbonyl (C=O) groups excluding carboxylic acids is 1. The Labute approximate surface area is 122 Å². The van der Waals surface area contributed by atoms with Crippen LogP contribution in [0.1, 0.15) is 19.4 Å². The first-order valence-corrected chi connectivity index (χ1v) is 6.74. The van der Waals surface area contributed by atoms with Crippen LogP contribution in [0.5, 0.6) is 0 Å². The van der Waals surface area contributed by atoms with Crippen molar-refractivity contribution in [3.05, 3.63) is 47.2 Å². The summed E-state index contributed by atoms with van der Waals surface area (Å²) < 4.78 is 0. The van der Waals surface area contributed by atoms with E-state index in [0.29, 0.717) is 13.0 Å². The van der Waals surface area contributed by atoms with E-state index in [1.807, 2.05) is 30.5 Å². The fourth-order valence-electron chi connectivity index (χ4n) is 2.11. The normalized spacial score (nSPS) is 12.1. The van der Waals surface area contributed by atoms with Crippen LogP contribution in [-0.4, -0.2) is 28.5 Å². The molecule has 5 heteroatoms. The van der Waals surface area contributed by atoms with Gasteiger partial charge in [0.05, 0.1) is 0 Å². The lowest BCUT2D eigenvalue weighted by atomic mass is 10.1. The van der Waals surface area contributed by atoms with Gasteiger partial charge in [0.15, 0.2) is 0 Å². The molecule has 0 aliphatic rings. The number of aromatic nitrogens is 1. The minimum atomic E-state index is -1.07. The van der Waals surface area contributed by atoms with Crippen LogP contribution in [0, 0.1) is 0 Å². The van der Waals surface area contributed by atoms with Crippen LogP contribution in [0.3, 0.4) is 0 Å². The second kappa shape index (κ2) is 6.26. The molecule has 0 bridgehead atoms. The van der Waals surface area contributed by atoms with Crippen molar-refractivity contribution >= 4 is 22.8 Å². The largest absolute Gasteiger partial charge is 0.478 e. The van der Waals surface area contributed by atoms with E-state index in [0.717, 1.165) is 16.5 Å². The third kappa shape index (κ3) is 3.31. The summed E-state index contributed by atoms with van der Waals surface area (Å²) >= 11 is 0. The number of carboxylic acid groups (broad SMARTS) is 1. The minimum absolute atomic E-state index is 0.0691. The molecule has 21 heavy (non-hydrogen) atoms. The number of hydrogen-bond donors (Lipinski definition) is 3. The monoisotopic (exact) mass is 286 g/mol. The maximum absolute atomic E-state index is 11.8. The average molecular weight is 286 g/mol. The predicted octanol–water partition coefficient (Wildman–Crippen LogP) is 2.25. The highest BCUT2D eigenvalue weighted by molar-refractivity contribution is 6.01. The molecule has 5 nitrogen and oxygen atoms in total. The second-order valence-electron chi connectivity index (χ2n) is 4.92. The molecule has 1 aromatic carbocycles. The quantitative estimate of drug-likeness (QED) is 0.737. The van der Waals surface area contributed by atoms with E-state index >= 15 is 0 Å². The molecule has 0 fully saturated rings. The van der Waals surface area contributed by atoms with Crippen molar-refractivity contribution in [1.82, 2.24) is 10.3 Å². The molecular weight excluding hydrogens is 268 g/mol. The molecular formula is C16H18N2O3. The van der Waals surface area contributed by atoms with E-state index in [9.17, 15) is 9.59 Å². The zero-order valence-corrected chi connectivity index (χ0v) is 12.1. The third-order valence-electron chi connectivity index (χ3n) is 3.58. The fraction of sp³-hybridized carbons (Fsp3) is 0.250. The van der Waals surface area contributed by atoms with Gasteiger partial charge in [-0.1, -0.05) is 18.2 Å². The van der Waals surface area contributed by atoms with Gasteiger partial charge in [-0.05, 0) is 31.9 Å². The summed E-state index contributed by atoms with van der Waals surface area (Å²) in [6.45, 7) is 3.41. The van der Waals surface area contributed by atoms with E-state index in [1.165, 1.54) is 13.8 Å². The molecule has 1 aromatic heterocycles. The first-order chi connectivity index (χ1) is 10.0. The highest BCUT2D eigenvalue weighted by Crippen LogP contribution is 2.17. The topological polar surface area (TPSA) is 82.2 Å². The Bertz CT molecular complexity index is 713. The lowest BCUT2D eigenvalue weighted by Crippen LogP contribution is -2.27. The van der Waals surface area contributed by atoms with Crippen molar-refractivity contribution in [3.63, 3.8) is 0 Å². The molecule has 0 spiro atoms. The zero-order valence-electron chi connectivity index (χ0n) is 12.1. The molecule has 0 aliphatic carbocycles. The lowest BCUT2D eigenvalue weighted by molar-refractivity contribution is -0.133. The van der Waals surface area contributed by atoms with Crippen molar-refractivity contribution < 1.29 is 14.7 Å². The Morgan fingerprint density at radius 2 is 1.90 bits per heavy atom. The van der Waals surface area contributed by atoms with Crippen LogP contribution in [0.25, 0.3) is 10.9 Å². The number of H-pyrrole nitrogens is 1. The van der Waals surface area contributed by atoms with Gasteiger partial charge < -0.3 is 15.4 Å². The molecule has 2 rings (SSSR count). The molecule has 1 amide bonds. The van der Waals surface area contributed by atoms with E-state index < -0.39 is 5.97 Å². The Morgan fingerprint density at radius 3 is 2.62 bits per heavy atom. The highest BCUT2D eigenvalue weighted by atomic mass is 16.4. The smallest absolute Gasteiger partial charge is 0.331 e. The maximum atomic E-state index is 11.8. The standard InChI is InChI=1S/C16H18N2O3/c1-10(11(2)16(20)21)15(19)17-8-7-12-9-18-14-6-4-3-5-13(12)14/h3-6,9,18H,7-8H2,1-2H3,(H,17,19)(H,20,21). The molecule has 3 N–H and O–H groups in total. The molecule has 0 aliphatic heterocycles. The first-order valence-electron chi connectivity index (χ1n) is 6.74. The fourth-order valence-corrected chi connectivity index (χ4v) is 2.11. The van der Waals surface area contributed by atoms with Gasteiger partial charge in [-0.15, -0.1) is 0 Å². The van der Waals surface area contributed by atoms with Gasteiger partial charge in [0, 0.05) is 34.8 Å². The first kappa shape index (κ1) is 14.8. The second-order valence-corrected chi connectivity index (χ2v) is 4.92. The van der Waals surface area contributed by atoms with Gasteiger partial charge in [0.1, 0.15) is 0 Å². The molecule has 2 aromatic rings. The number of carbonyl (C=O) groups is 2.